The number of hydrogen-bond acceptors (Lipinski definition) is 5. The molecule has 3 aromatic rings. The van der Waals surface area contributed by atoms with Crippen LogP contribution in [0.5, 0.6) is 5.75 Å². The summed E-state index contributed by atoms with van der Waals surface area (Å²) in [6.07, 6.45) is 0.261. The smallest absolute Gasteiger partial charge is 0.264 e. The van der Waals surface area contributed by atoms with Crippen molar-refractivity contribution >= 4 is 62.3 Å². The van der Waals surface area contributed by atoms with Crippen LogP contribution in [0.2, 0.25) is 15.1 Å². The van der Waals surface area contributed by atoms with Gasteiger partial charge in [0.1, 0.15) is 18.3 Å². The highest BCUT2D eigenvalue weighted by Crippen LogP contribution is 2.33. The maximum Gasteiger partial charge on any atom is 0.264 e. The topological polar surface area (TPSA) is 96.0 Å². The molecule has 3 aromatic carbocycles. The van der Waals surface area contributed by atoms with Crippen molar-refractivity contribution in [2.45, 2.75) is 51.6 Å². The van der Waals surface area contributed by atoms with Crippen LogP contribution in [0.15, 0.2) is 65.6 Å². The highest BCUT2D eigenvalue weighted by atomic mass is 35.5. The number of nitrogens with one attached hydrogen (secondary N) is 1. The van der Waals surface area contributed by atoms with Crippen molar-refractivity contribution in [3.8, 4) is 5.75 Å². The summed E-state index contributed by atoms with van der Waals surface area (Å²) in [4.78, 5) is 28.9. The van der Waals surface area contributed by atoms with E-state index in [-0.39, 0.29) is 40.4 Å². The van der Waals surface area contributed by atoms with E-state index in [1.165, 1.54) is 42.3 Å². The Morgan fingerprint density at radius 1 is 0.953 bits per heavy atom. The van der Waals surface area contributed by atoms with Crippen LogP contribution in [0.4, 0.5) is 5.69 Å². The molecule has 0 bridgehead atoms. The third-order valence-corrected chi connectivity index (χ3v) is 9.56. The van der Waals surface area contributed by atoms with E-state index in [4.69, 9.17) is 39.5 Å². The molecule has 2 amide bonds. The number of aryl methyl sites for hydroxylation is 1. The molecule has 12 heteroatoms. The third kappa shape index (κ3) is 8.56. The van der Waals surface area contributed by atoms with Gasteiger partial charge in [0.15, 0.2) is 0 Å². The summed E-state index contributed by atoms with van der Waals surface area (Å²) in [5, 5.41) is 3.68. The van der Waals surface area contributed by atoms with Gasteiger partial charge < -0.3 is 15.0 Å². The van der Waals surface area contributed by atoms with Crippen LogP contribution in [0.3, 0.4) is 0 Å². The van der Waals surface area contributed by atoms with E-state index >= 15 is 0 Å². The van der Waals surface area contributed by atoms with Gasteiger partial charge in [-0.3, -0.25) is 13.9 Å². The lowest BCUT2D eigenvalue weighted by Gasteiger charge is -2.33. The largest absolute Gasteiger partial charge is 0.495 e. The molecule has 0 radical (unpaired) electrons. The van der Waals surface area contributed by atoms with Crippen molar-refractivity contribution in [2.75, 3.05) is 24.5 Å². The van der Waals surface area contributed by atoms with Gasteiger partial charge in [-0.25, -0.2) is 8.42 Å². The minimum Gasteiger partial charge on any atom is -0.495 e. The molecule has 0 aliphatic carbocycles. The monoisotopic (exact) mass is 667 g/mol. The molecule has 0 aliphatic rings. The predicted molar refractivity (Wildman–Crippen MR) is 173 cm³/mol. The highest BCUT2D eigenvalue weighted by Gasteiger charge is 2.34. The van der Waals surface area contributed by atoms with Gasteiger partial charge in [0.05, 0.1) is 22.7 Å². The lowest BCUT2D eigenvalue weighted by molar-refractivity contribution is -0.140. The summed E-state index contributed by atoms with van der Waals surface area (Å²) in [6, 6.07) is 14.8. The number of halogens is 3. The minimum absolute atomic E-state index is 0.0137. The van der Waals surface area contributed by atoms with Crippen LogP contribution in [-0.2, 0) is 26.2 Å². The predicted octanol–water partition coefficient (Wildman–Crippen LogP) is 6.74. The molecule has 0 aliphatic heterocycles. The van der Waals surface area contributed by atoms with Crippen LogP contribution < -0.4 is 14.4 Å². The quantitative estimate of drug-likeness (QED) is 0.218. The van der Waals surface area contributed by atoms with Gasteiger partial charge in [-0.15, -0.1) is 0 Å². The Labute approximate surface area is 268 Å². The molecule has 0 spiro atoms. The molecule has 0 saturated carbocycles. The Hall–Kier alpha value is -2.98. The van der Waals surface area contributed by atoms with Crippen molar-refractivity contribution < 1.29 is 22.7 Å². The number of hydrogen-bond donors (Lipinski definition) is 1. The maximum atomic E-state index is 14.2. The highest BCUT2D eigenvalue weighted by molar-refractivity contribution is 7.92. The molecular weight excluding hydrogens is 633 g/mol. The van der Waals surface area contributed by atoms with Crippen LogP contribution in [0.25, 0.3) is 0 Å². The fourth-order valence-electron chi connectivity index (χ4n) is 4.37. The van der Waals surface area contributed by atoms with Crippen molar-refractivity contribution in [3.05, 3.63) is 86.9 Å². The van der Waals surface area contributed by atoms with E-state index in [0.717, 1.165) is 9.87 Å². The molecule has 0 saturated heterocycles. The molecular formula is C31H36Cl3N3O5S. The summed E-state index contributed by atoms with van der Waals surface area (Å²) in [6.45, 7) is 7.19. The van der Waals surface area contributed by atoms with E-state index < -0.39 is 28.5 Å². The molecule has 0 heterocycles. The van der Waals surface area contributed by atoms with Gasteiger partial charge in [0, 0.05) is 28.7 Å². The Balaban J connectivity index is 2.12. The summed E-state index contributed by atoms with van der Waals surface area (Å²) < 4.78 is 34.3. The zero-order valence-corrected chi connectivity index (χ0v) is 27.8. The molecule has 0 aromatic heterocycles. The number of anilines is 1. The number of benzene rings is 3. The summed E-state index contributed by atoms with van der Waals surface area (Å²) in [5.41, 5.74) is 1.46. The third-order valence-electron chi connectivity index (χ3n) is 6.77. The molecule has 1 N–H and O–H groups in total. The van der Waals surface area contributed by atoms with Crippen molar-refractivity contribution in [1.29, 1.82) is 0 Å². The normalized spacial score (nSPS) is 12.1. The molecule has 0 fully saturated rings. The first-order valence-corrected chi connectivity index (χ1v) is 16.3. The number of rotatable bonds is 13. The van der Waals surface area contributed by atoms with E-state index in [9.17, 15) is 18.0 Å². The zero-order chi connectivity index (χ0) is 31.9. The average Bonchev–Trinajstić information content (AvgIpc) is 2.96. The summed E-state index contributed by atoms with van der Waals surface area (Å²) >= 11 is 19.3. The number of sulfonamides is 1. The fraction of sp³-hybridized carbons (Fsp3) is 0.355. The fourth-order valence-corrected chi connectivity index (χ4v) is 6.55. The van der Waals surface area contributed by atoms with Gasteiger partial charge >= 0.3 is 0 Å². The number of nitrogens with zero attached hydrogens (tertiary/aromatic N) is 2. The van der Waals surface area contributed by atoms with Crippen LogP contribution in [0, 0.1) is 12.8 Å². The Morgan fingerprint density at radius 3 is 2.12 bits per heavy atom. The zero-order valence-electron chi connectivity index (χ0n) is 24.7. The first kappa shape index (κ1) is 34.5. The van der Waals surface area contributed by atoms with Gasteiger partial charge in [0.25, 0.3) is 10.0 Å². The Bertz CT molecular complexity index is 1530. The second-order valence-corrected chi connectivity index (χ2v) is 13.5. The van der Waals surface area contributed by atoms with Crippen molar-refractivity contribution in [2.24, 2.45) is 5.92 Å². The second kappa shape index (κ2) is 15.1. The molecule has 43 heavy (non-hydrogen) atoms. The van der Waals surface area contributed by atoms with E-state index in [1.807, 2.05) is 20.8 Å². The molecule has 232 valence electrons. The Kier molecular flexibility index (Phi) is 12.2. The number of carbonyl (C=O) groups excluding carboxylic acids is 2. The molecule has 3 rings (SSSR count). The van der Waals surface area contributed by atoms with Gasteiger partial charge in [-0.1, -0.05) is 79.3 Å². The lowest BCUT2D eigenvalue weighted by atomic mass is 10.1. The first-order valence-electron chi connectivity index (χ1n) is 13.7. The number of ether oxygens (including phenoxy) is 1. The van der Waals surface area contributed by atoms with E-state index in [1.54, 1.807) is 37.3 Å². The van der Waals surface area contributed by atoms with Gasteiger partial charge in [-0.05, 0) is 61.7 Å². The minimum atomic E-state index is -4.27. The maximum absolute atomic E-state index is 14.2. The first-order chi connectivity index (χ1) is 20.3. The molecule has 0 unspecified atom stereocenters. The van der Waals surface area contributed by atoms with E-state index in [2.05, 4.69) is 5.32 Å². The lowest BCUT2D eigenvalue weighted by Crippen LogP contribution is -2.52. The second-order valence-electron chi connectivity index (χ2n) is 10.4. The summed E-state index contributed by atoms with van der Waals surface area (Å²) in [7, 11) is -2.82. The average molecular weight is 669 g/mol. The van der Waals surface area contributed by atoms with Crippen LogP contribution in [-0.4, -0.2) is 51.4 Å². The molecule has 8 nitrogen and oxygen atoms in total. The van der Waals surface area contributed by atoms with Gasteiger partial charge in [0.2, 0.25) is 11.8 Å². The van der Waals surface area contributed by atoms with E-state index in [0.29, 0.717) is 27.9 Å². The van der Waals surface area contributed by atoms with Crippen LogP contribution >= 0.6 is 34.8 Å². The summed E-state index contributed by atoms with van der Waals surface area (Å²) in [5.74, 6) is -0.482. The number of carbonyl (C=O) groups is 2. The standard InChI is InChI=1S/C31H36Cl3N3O5S/c1-6-28(31(39)35-17-20(2)3)36(18-24-25(32)8-7-9-26(24)33)30(38)19-37(22-12-15-29(42-5)27(34)16-22)43(40,41)23-13-10-21(4)11-14-23/h7-16,20,28H,6,17-19H2,1-5H3,(H,35,39)/t28-/m0/s1. The van der Waals surface area contributed by atoms with Crippen molar-refractivity contribution in [1.82, 2.24) is 10.2 Å². The SMILES string of the molecule is CC[C@@H](C(=O)NCC(C)C)N(Cc1c(Cl)cccc1Cl)C(=O)CN(c1ccc(OC)c(Cl)c1)S(=O)(=O)c1ccc(C)cc1. The Morgan fingerprint density at radius 2 is 1.58 bits per heavy atom. The van der Waals surface area contributed by atoms with Gasteiger partial charge in [-0.2, -0.15) is 0 Å². The number of methoxy groups -OCH3 is 1. The molecule has 1 atom stereocenters. The van der Waals surface area contributed by atoms with Crippen LogP contribution in [0.1, 0.15) is 38.3 Å². The number of amides is 2. The van der Waals surface area contributed by atoms with Crippen molar-refractivity contribution in [3.63, 3.8) is 0 Å².